The van der Waals surface area contributed by atoms with E-state index in [0.29, 0.717) is 18.7 Å². The van der Waals surface area contributed by atoms with E-state index in [4.69, 9.17) is 4.74 Å². The van der Waals surface area contributed by atoms with E-state index in [9.17, 15) is 14.3 Å². The van der Waals surface area contributed by atoms with Gasteiger partial charge in [0.1, 0.15) is 11.9 Å². The zero-order valence-corrected chi connectivity index (χ0v) is 11.6. The van der Waals surface area contributed by atoms with Crippen molar-refractivity contribution in [2.24, 2.45) is 0 Å². The molecule has 2 unspecified atom stereocenters. The maximum Gasteiger partial charge on any atom is 0.323 e. The van der Waals surface area contributed by atoms with Crippen LogP contribution in [0.25, 0.3) is 0 Å². The fourth-order valence-corrected chi connectivity index (χ4v) is 2.56. The molecule has 2 atom stereocenters. The second-order valence-electron chi connectivity index (χ2n) is 4.97. The van der Waals surface area contributed by atoms with Crippen LogP contribution in [0.3, 0.4) is 0 Å². The summed E-state index contributed by atoms with van der Waals surface area (Å²) in [6.45, 7) is 3.27. The van der Waals surface area contributed by atoms with Crippen molar-refractivity contribution in [2.45, 2.75) is 31.9 Å². The minimum atomic E-state index is -0.731. The van der Waals surface area contributed by atoms with Gasteiger partial charge in [-0.1, -0.05) is 12.1 Å². The van der Waals surface area contributed by atoms with E-state index in [2.05, 4.69) is 0 Å². The summed E-state index contributed by atoms with van der Waals surface area (Å²) in [5, 5.41) is 10.2. The van der Waals surface area contributed by atoms with Gasteiger partial charge in [0.25, 0.3) is 0 Å². The van der Waals surface area contributed by atoms with E-state index in [0.717, 1.165) is 19.4 Å². The highest BCUT2D eigenvalue weighted by Gasteiger charge is 2.32. The maximum atomic E-state index is 12.9. The van der Waals surface area contributed by atoms with Crippen LogP contribution in [0.15, 0.2) is 24.3 Å². The first kappa shape index (κ1) is 14.9. The fraction of sp³-hybridized carbons (Fsp3) is 0.533. The quantitative estimate of drug-likeness (QED) is 0.837. The predicted molar refractivity (Wildman–Crippen MR) is 72.6 cm³/mol. The molecule has 0 bridgehead atoms. The second-order valence-corrected chi connectivity index (χ2v) is 4.97. The van der Waals surface area contributed by atoms with E-state index in [1.807, 2.05) is 4.90 Å². The number of aliphatic hydroxyl groups excluding tert-OH is 1. The molecule has 0 aromatic heterocycles. The van der Waals surface area contributed by atoms with Gasteiger partial charge in [0.15, 0.2) is 0 Å². The third-order valence-electron chi connectivity index (χ3n) is 3.58. The van der Waals surface area contributed by atoms with Crippen LogP contribution in [-0.2, 0) is 9.53 Å². The molecule has 0 aliphatic carbocycles. The number of β-amino-alcohol motifs (C(OH)–C–C–N with tert-alkyl or cyclic N) is 1. The molecule has 1 aromatic rings. The number of likely N-dealkylation sites (tertiary alicyclic amines) is 1. The number of ether oxygens (including phenoxy) is 1. The lowest BCUT2D eigenvalue weighted by molar-refractivity contribution is -0.148. The summed E-state index contributed by atoms with van der Waals surface area (Å²) in [4.78, 5) is 13.8. The average Bonchev–Trinajstić information content (AvgIpc) is 2.88. The molecule has 0 amide bonds. The Morgan fingerprint density at radius 3 is 2.85 bits per heavy atom. The average molecular weight is 281 g/mol. The topological polar surface area (TPSA) is 49.8 Å². The van der Waals surface area contributed by atoms with Gasteiger partial charge in [-0.3, -0.25) is 9.69 Å². The molecule has 1 fully saturated rings. The lowest BCUT2D eigenvalue weighted by Gasteiger charge is -2.25. The molecule has 1 heterocycles. The van der Waals surface area contributed by atoms with Gasteiger partial charge in [-0.05, 0) is 44.0 Å². The summed E-state index contributed by atoms with van der Waals surface area (Å²) in [6.07, 6.45) is 0.944. The smallest absolute Gasteiger partial charge is 0.323 e. The van der Waals surface area contributed by atoms with Gasteiger partial charge in [-0.2, -0.15) is 0 Å². The largest absolute Gasteiger partial charge is 0.465 e. The van der Waals surface area contributed by atoms with Gasteiger partial charge in [0, 0.05) is 6.54 Å². The molecule has 4 nitrogen and oxygen atoms in total. The number of nitrogens with zero attached hydrogens (tertiary/aromatic N) is 1. The Balaban J connectivity index is 1.97. The second kappa shape index (κ2) is 6.81. The summed E-state index contributed by atoms with van der Waals surface area (Å²) in [7, 11) is 0. The molecule has 1 aliphatic rings. The third-order valence-corrected chi connectivity index (χ3v) is 3.58. The normalized spacial score (nSPS) is 20.9. The molecular weight excluding hydrogens is 261 g/mol. The number of carbonyl (C=O) groups excluding carboxylic acids is 1. The Labute approximate surface area is 118 Å². The standard InChI is InChI=1S/C15H20FNO3/c1-2-20-15(19)13-4-3-9-17(13)10-14(18)11-5-7-12(16)8-6-11/h5-8,13-14,18H,2-4,9-10H2,1H3. The molecule has 1 N–H and O–H groups in total. The van der Waals surface area contributed by atoms with Gasteiger partial charge < -0.3 is 9.84 Å². The van der Waals surface area contributed by atoms with E-state index in [-0.39, 0.29) is 17.8 Å². The van der Waals surface area contributed by atoms with Crippen molar-refractivity contribution in [3.05, 3.63) is 35.6 Å². The number of esters is 1. The predicted octanol–water partition coefficient (Wildman–Crippen LogP) is 1.89. The first-order valence-electron chi connectivity index (χ1n) is 6.96. The number of aliphatic hydroxyl groups is 1. The Bertz CT molecular complexity index is 449. The van der Waals surface area contributed by atoms with E-state index in [1.54, 1.807) is 19.1 Å². The minimum Gasteiger partial charge on any atom is -0.465 e. The Kier molecular flexibility index (Phi) is 5.09. The van der Waals surface area contributed by atoms with Crippen LogP contribution in [0.1, 0.15) is 31.4 Å². The summed E-state index contributed by atoms with van der Waals surface area (Å²) in [6, 6.07) is 5.51. The van der Waals surface area contributed by atoms with E-state index < -0.39 is 6.10 Å². The van der Waals surface area contributed by atoms with Gasteiger partial charge in [-0.25, -0.2) is 4.39 Å². The highest BCUT2D eigenvalue weighted by molar-refractivity contribution is 5.76. The van der Waals surface area contributed by atoms with Crippen LogP contribution in [0.2, 0.25) is 0 Å². The molecule has 0 spiro atoms. The van der Waals surface area contributed by atoms with Gasteiger partial charge >= 0.3 is 5.97 Å². The Morgan fingerprint density at radius 1 is 1.50 bits per heavy atom. The molecule has 0 saturated carbocycles. The summed E-state index contributed by atoms with van der Waals surface area (Å²) in [5.74, 6) is -0.553. The zero-order valence-electron chi connectivity index (χ0n) is 11.6. The van der Waals surface area contributed by atoms with E-state index >= 15 is 0 Å². The molecular formula is C15H20FNO3. The number of rotatable bonds is 5. The van der Waals surface area contributed by atoms with Gasteiger partial charge in [0.2, 0.25) is 0 Å². The summed E-state index contributed by atoms with van der Waals surface area (Å²) >= 11 is 0. The molecule has 20 heavy (non-hydrogen) atoms. The van der Waals surface area contributed by atoms with Crippen molar-refractivity contribution in [1.29, 1.82) is 0 Å². The van der Waals surface area contributed by atoms with Crippen molar-refractivity contribution >= 4 is 5.97 Å². The van der Waals surface area contributed by atoms with Crippen molar-refractivity contribution in [3.63, 3.8) is 0 Å². The van der Waals surface area contributed by atoms with E-state index in [1.165, 1.54) is 12.1 Å². The van der Waals surface area contributed by atoms with Crippen LogP contribution >= 0.6 is 0 Å². The first-order valence-corrected chi connectivity index (χ1v) is 6.96. The molecule has 5 heteroatoms. The monoisotopic (exact) mass is 281 g/mol. The molecule has 1 aliphatic heterocycles. The molecule has 2 rings (SSSR count). The Hall–Kier alpha value is -1.46. The van der Waals surface area contributed by atoms with Crippen molar-refractivity contribution < 1.29 is 19.0 Å². The summed E-state index contributed by atoms with van der Waals surface area (Å²) < 4.78 is 17.9. The molecule has 1 saturated heterocycles. The number of hydrogen-bond acceptors (Lipinski definition) is 4. The van der Waals surface area contributed by atoms with Crippen molar-refractivity contribution in [3.8, 4) is 0 Å². The van der Waals surface area contributed by atoms with Crippen LogP contribution in [0.4, 0.5) is 4.39 Å². The number of halogens is 1. The number of hydrogen-bond donors (Lipinski definition) is 1. The fourth-order valence-electron chi connectivity index (χ4n) is 2.56. The molecule has 0 radical (unpaired) electrons. The third kappa shape index (κ3) is 3.55. The van der Waals surface area contributed by atoms with Gasteiger partial charge in [-0.15, -0.1) is 0 Å². The van der Waals surface area contributed by atoms with Crippen LogP contribution in [-0.4, -0.2) is 41.7 Å². The van der Waals surface area contributed by atoms with Crippen LogP contribution < -0.4 is 0 Å². The van der Waals surface area contributed by atoms with Crippen LogP contribution in [0.5, 0.6) is 0 Å². The minimum absolute atomic E-state index is 0.226. The SMILES string of the molecule is CCOC(=O)C1CCCN1CC(O)c1ccc(F)cc1. The van der Waals surface area contributed by atoms with Crippen molar-refractivity contribution in [2.75, 3.05) is 19.7 Å². The lowest BCUT2D eigenvalue weighted by atomic mass is 10.1. The lowest BCUT2D eigenvalue weighted by Crippen LogP contribution is -2.39. The molecule has 110 valence electrons. The van der Waals surface area contributed by atoms with Crippen molar-refractivity contribution in [1.82, 2.24) is 4.90 Å². The Morgan fingerprint density at radius 2 is 2.20 bits per heavy atom. The number of carbonyl (C=O) groups is 1. The zero-order chi connectivity index (χ0) is 14.5. The van der Waals surface area contributed by atoms with Crippen LogP contribution in [0, 0.1) is 5.82 Å². The maximum absolute atomic E-state index is 12.9. The highest BCUT2D eigenvalue weighted by atomic mass is 19.1. The first-order chi connectivity index (χ1) is 9.61. The summed E-state index contributed by atoms with van der Waals surface area (Å²) in [5.41, 5.74) is 0.654. The highest BCUT2D eigenvalue weighted by Crippen LogP contribution is 2.23. The number of benzene rings is 1. The molecule has 1 aromatic carbocycles. The van der Waals surface area contributed by atoms with Gasteiger partial charge in [0.05, 0.1) is 12.7 Å².